The highest BCUT2D eigenvalue weighted by atomic mass is 32.2. The van der Waals surface area contributed by atoms with E-state index in [4.69, 9.17) is 0 Å². The zero-order valence-corrected chi connectivity index (χ0v) is 14.6. The molecule has 0 aliphatic carbocycles. The van der Waals surface area contributed by atoms with Crippen molar-refractivity contribution in [3.8, 4) is 0 Å². The fraction of sp³-hybridized carbons (Fsp3) is 0.647. The number of hydrogen-bond acceptors (Lipinski definition) is 4. The van der Waals surface area contributed by atoms with Crippen molar-refractivity contribution in [2.75, 3.05) is 24.6 Å². The first-order valence-electron chi connectivity index (χ1n) is 8.57. The number of rotatable bonds is 4. The average molecular weight is 352 g/mol. The van der Waals surface area contributed by atoms with E-state index in [0.717, 1.165) is 31.5 Å². The summed E-state index contributed by atoms with van der Waals surface area (Å²) in [5.41, 5.74) is 0.989. The quantitative estimate of drug-likeness (QED) is 0.875. The van der Waals surface area contributed by atoms with Crippen LogP contribution in [0, 0.1) is 11.8 Å². The third-order valence-electron chi connectivity index (χ3n) is 5.15. The molecule has 1 N–H and O–H groups in total. The number of pyridine rings is 1. The van der Waals surface area contributed by atoms with Crippen LogP contribution in [0.15, 0.2) is 23.1 Å². The molecule has 0 spiro atoms. The molecule has 1 aromatic heterocycles. The molecule has 1 aromatic rings. The molecule has 0 radical (unpaired) electrons. The Hall–Kier alpha value is -1.63. The Morgan fingerprint density at radius 2 is 1.92 bits per heavy atom. The van der Waals surface area contributed by atoms with Gasteiger partial charge in [-0.05, 0) is 43.1 Å². The van der Waals surface area contributed by atoms with Crippen molar-refractivity contribution in [1.82, 2.24) is 9.88 Å². The van der Waals surface area contributed by atoms with Gasteiger partial charge in [0.1, 0.15) is 9.84 Å². The number of carbonyl (C=O) groups is 1. The van der Waals surface area contributed by atoms with Crippen LogP contribution < -0.4 is 5.56 Å². The van der Waals surface area contributed by atoms with E-state index in [1.165, 1.54) is 6.07 Å². The van der Waals surface area contributed by atoms with Crippen molar-refractivity contribution in [3.05, 3.63) is 34.2 Å². The van der Waals surface area contributed by atoms with Gasteiger partial charge in [0.05, 0.1) is 11.5 Å². The van der Waals surface area contributed by atoms with Gasteiger partial charge >= 0.3 is 0 Å². The van der Waals surface area contributed by atoms with Crippen LogP contribution in [0.5, 0.6) is 0 Å². The van der Waals surface area contributed by atoms with Crippen molar-refractivity contribution < 1.29 is 13.2 Å². The number of hydrogen-bond donors (Lipinski definition) is 1. The molecule has 0 bridgehead atoms. The second-order valence-corrected chi connectivity index (χ2v) is 9.36. The summed E-state index contributed by atoms with van der Waals surface area (Å²) in [6, 6.07) is 3.37. The molecule has 1 atom stereocenters. The molecule has 1 amide bonds. The Balaban J connectivity index is 1.47. The number of sulfone groups is 1. The largest absolute Gasteiger partial charge is 0.342 e. The summed E-state index contributed by atoms with van der Waals surface area (Å²) in [7, 11) is -2.87. The van der Waals surface area contributed by atoms with Crippen LogP contribution in [0.25, 0.3) is 0 Å². The van der Waals surface area contributed by atoms with Crippen molar-refractivity contribution in [2.45, 2.75) is 32.1 Å². The van der Waals surface area contributed by atoms with Gasteiger partial charge in [-0.2, -0.15) is 0 Å². The van der Waals surface area contributed by atoms with E-state index in [1.54, 1.807) is 6.20 Å². The maximum Gasteiger partial charge on any atom is 0.247 e. The number of likely N-dealkylation sites (tertiary alicyclic amines) is 1. The predicted octanol–water partition coefficient (Wildman–Crippen LogP) is 0.981. The molecular weight excluding hydrogens is 328 g/mol. The van der Waals surface area contributed by atoms with E-state index < -0.39 is 9.84 Å². The first-order chi connectivity index (χ1) is 11.4. The second-order valence-electron chi connectivity index (χ2n) is 7.06. The third kappa shape index (κ3) is 4.47. The highest BCUT2D eigenvalue weighted by Gasteiger charge is 2.30. The number of amides is 1. The molecule has 2 aliphatic heterocycles. The number of aromatic nitrogens is 1. The smallest absolute Gasteiger partial charge is 0.247 e. The van der Waals surface area contributed by atoms with E-state index in [-0.39, 0.29) is 28.9 Å². The predicted molar refractivity (Wildman–Crippen MR) is 91.4 cm³/mol. The van der Waals surface area contributed by atoms with Crippen LogP contribution in [0.3, 0.4) is 0 Å². The van der Waals surface area contributed by atoms with Gasteiger partial charge in [0.25, 0.3) is 0 Å². The summed E-state index contributed by atoms with van der Waals surface area (Å²) >= 11 is 0. The molecule has 7 heteroatoms. The molecule has 3 heterocycles. The molecule has 0 unspecified atom stereocenters. The lowest BCUT2D eigenvalue weighted by atomic mass is 9.98. The first kappa shape index (κ1) is 17.2. The molecular formula is C17H24N2O4S. The topological polar surface area (TPSA) is 87.3 Å². The van der Waals surface area contributed by atoms with E-state index >= 15 is 0 Å². The Morgan fingerprint density at radius 1 is 1.17 bits per heavy atom. The zero-order chi connectivity index (χ0) is 17.2. The van der Waals surface area contributed by atoms with E-state index in [0.29, 0.717) is 25.2 Å². The summed E-state index contributed by atoms with van der Waals surface area (Å²) in [6.07, 6.45) is 5.29. The van der Waals surface area contributed by atoms with Gasteiger partial charge in [0.15, 0.2) is 0 Å². The molecule has 0 aromatic carbocycles. The SMILES string of the molecule is O=C(CC1CCS(=O)(=O)CC1)N1CC[C@@H](Cc2ccc(=O)[nH]c2)C1. The van der Waals surface area contributed by atoms with Crippen LogP contribution in [0.1, 0.15) is 31.2 Å². The molecule has 2 aliphatic rings. The standard InChI is InChI=1S/C17H24N2O4S/c20-16-2-1-14(11-18-16)9-15-3-6-19(12-15)17(21)10-13-4-7-24(22,23)8-5-13/h1-2,11,13,15H,3-10,12H2,(H,18,20)/t15-/m0/s1. The summed E-state index contributed by atoms with van der Waals surface area (Å²) in [6.45, 7) is 1.53. The molecule has 2 fully saturated rings. The lowest BCUT2D eigenvalue weighted by Crippen LogP contribution is -2.33. The Labute approximate surface area is 142 Å². The van der Waals surface area contributed by atoms with Gasteiger partial charge in [0.2, 0.25) is 11.5 Å². The van der Waals surface area contributed by atoms with Crippen LogP contribution >= 0.6 is 0 Å². The van der Waals surface area contributed by atoms with E-state index in [2.05, 4.69) is 4.98 Å². The second kappa shape index (κ2) is 7.09. The maximum absolute atomic E-state index is 12.4. The van der Waals surface area contributed by atoms with Gasteiger partial charge < -0.3 is 9.88 Å². The summed E-state index contributed by atoms with van der Waals surface area (Å²) in [5.74, 6) is 1.23. The van der Waals surface area contributed by atoms with Gasteiger partial charge in [-0.1, -0.05) is 6.07 Å². The van der Waals surface area contributed by atoms with Gasteiger partial charge in [0, 0.05) is 31.8 Å². The van der Waals surface area contributed by atoms with Crippen LogP contribution in [0.2, 0.25) is 0 Å². The molecule has 2 saturated heterocycles. The summed E-state index contributed by atoms with van der Waals surface area (Å²) in [4.78, 5) is 28.1. The highest BCUT2D eigenvalue weighted by molar-refractivity contribution is 7.91. The Bertz CT molecular complexity index is 722. The third-order valence-corrected chi connectivity index (χ3v) is 6.86. The van der Waals surface area contributed by atoms with Crippen LogP contribution in [-0.2, 0) is 21.1 Å². The van der Waals surface area contributed by atoms with E-state index in [1.807, 2.05) is 11.0 Å². The fourth-order valence-corrected chi connectivity index (χ4v) is 5.24. The average Bonchev–Trinajstić information content (AvgIpc) is 3.00. The molecule has 3 rings (SSSR count). The minimum atomic E-state index is -2.87. The number of carbonyl (C=O) groups excluding carboxylic acids is 1. The van der Waals surface area contributed by atoms with Crippen molar-refractivity contribution in [1.29, 1.82) is 0 Å². The van der Waals surface area contributed by atoms with Crippen LogP contribution in [0.4, 0.5) is 0 Å². The monoisotopic (exact) mass is 352 g/mol. The van der Waals surface area contributed by atoms with Crippen LogP contribution in [-0.4, -0.2) is 48.8 Å². The molecule has 0 saturated carbocycles. The van der Waals surface area contributed by atoms with E-state index in [9.17, 15) is 18.0 Å². The van der Waals surface area contributed by atoms with Gasteiger partial charge in [-0.3, -0.25) is 9.59 Å². The normalized spacial score (nSPS) is 24.2. The number of nitrogens with one attached hydrogen (secondary N) is 1. The number of H-pyrrole nitrogens is 1. The lowest BCUT2D eigenvalue weighted by molar-refractivity contribution is -0.131. The maximum atomic E-state index is 12.4. The Morgan fingerprint density at radius 3 is 2.58 bits per heavy atom. The zero-order valence-electron chi connectivity index (χ0n) is 13.7. The van der Waals surface area contributed by atoms with Gasteiger partial charge in [-0.25, -0.2) is 8.42 Å². The lowest BCUT2D eigenvalue weighted by Gasteiger charge is -2.24. The molecule has 132 valence electrons. The first-order valence-corrected chi connectivity index (χ1v) is 10.4. The van der Waals surface area contributed by atoms with Gasteiger partial charge in [-0.15, -0.1) is 0 Å². The summed E-state index contributed by atoms with van der Waals surface area (Å²) in [5, 5.41) is 0. The molecule has 24 heavy (non-hydrogen) atoms. The minimum Gasteiger partial charge on any atom is -0.342 e. The Kier molecular flexibility index (Phi) is 5.08. The number of nitrogens with zero attached hydrogens (tertiary/aromatic N) is 1. The fourth-order valence-electron chi connectivity index (χ4n) is 3.65. The van der Waals surface area contributed by atoms with Crippen molar-refractivity contribution in [2.24, 2.45) is 11.8 Å². The minimum absolute atomic E-state index is 0.100. The molecule has 6 nitrogen and oxygen atoms in total. The summed E-state index contributed by atoms with van der Waals surface area (Å²) < 4.78 is 22.9. The van der Waals surface area contributed by atoms with Crippen molar-refractivity contribution >= 4 is 15.7 Å². The van der Waals surface area contributed by atoms with Crippen molar-refractivity contribution in [3.63, 3.8) is 0 Å². The highest BCUT2D eigenvalue weighted by Crippen LogP contribution is 2.26. The number of aromatic amines is 1.